The molecule has 0 unspecified atom stereocenters. The molecular formula is C25H22ClO4P. The van der Waals surface area contributed by atoms with E-state index in [1.54, 1.807) is 0 Å². The summed E-state index contributed by atoms with van der Waals surface area (Å²) >= 11 is 0. The average molecular weight is 453 g/mol. The van der Waals surface area contributed by atoms with Gasteiger partial charge in [-0.2, -0.15) is 0 Å². The highest BCUT2D eigenvalue weighted by Crippen LogP contribution is 2.58. The SMILES string of the molecule is [O-][Cl+3]([O-])([O-])[O-].c1ccc(C[P+](c2ccccc2)(c2ccccc2)c2ccccc2)cc1. The van der Waals surface area contributed by atoms with E-state index in [2.05, 4.69) is 121 Å². The average Bonchev–Trinajstić information content (AvgIpc) is 2.79. The summed E-state index contributed by atoms with van der Waals surface area (Å²) in [6, 6.07) is 44.0. The van der Waals surface area contributed by atoms with E-state index in [0.717, 1.165) is 6.16 Å². The highest BCUT2D eigenvalue weighted by Gasteiger charge is 2.45. The lowest BCUT2D eigenvalue weighted by atomic mass is 10.2. The number of halogens is 1. The summed E-state index contributed by atoms with van der Waals surface area (Å²) in [5.41, 5.74) is 1.39. The zero-order chi connectivity index (χ0) is 22.2. The molecule has 0 aliphatic heterocycles. The van der Waals surface area contributed by atoms with Crippen molar-refractivity contribution in [1.82, 2.24) is 0 Å². The van der Waals surface area contributed by atoms with Crippen molar-refractivity contribution in [3.05, 3.63) is 127 Å². The lowest BCUT2D eigenvalue weighted by Gasteiger charge is -2.27. The Hall–Kier alpha value is -2.56. The fraction of sp³-hybridized carbons (Fsp3) is 0.0400. The van der Waals surface area contributed by atoms with Gasteiger partial charge in [-0.1, -0.05) is 84.9 Å². The Bertz CT molecular complexity index is 938. The van der Waals surface area contributed by atoms with Crippen molar-refractivity contribution in [2.75, 3.05) is 0 Å². The van der Waals surface area contributed by atoms with Crippen molar-refractivity contribution in [1.29, 1.82) is 0 Å². The highest BCUT2D eigenvalue weighted by atomic mass is 35.7. The molecule has 0 radical (unpaired) electrons. The highest BCUT2D eigenvalue weighted by molar-refractivity contribution is 7.95. The number of benzene rings is 4. The fourth-order valence-electron chi connectivity index (χ4n) is 3.63. The molecule has 0 fully saturated rings. The maximum atomic E-state index is 8.49. The molecule has 0 N–H and O–H groups in total. The molecule has 0 heterocycles. The van der Waals surface area contributed by atoms with Crippen LogP contribution in [0.3, 0.4) is 0 Å². The molecule has 0 amide bonds. The van der Waals surface area contributed by atoms with Crippen molar-refractivity contribution in [2.24, 2.45) is 0 Å². The lowest BCUT2D eigenvalue weighted by Crippen LogP contribution is -2.68. The molecule has 0 aromatic heterocycles. The number of hydrogen-bond donors (Lipinski definition) is 0. The Balaban J connectivity index is 0.000000491. The van der Waals surface area contributed by atoms with Gasteiger partial charge in [-0.3, -0.25) is 0 Å². The normalized spacial score (nSPS) is 11.4. The van der Waals surface area contributed by atoms with Gasteiger partial charge in [0.05, 0.1) is 6.16 Å². The quantitative estimate of drug-likeness (QED) is 0.410. The summed E-state index contributed by atoms with van der Waals surface area (Å²) in [7, 11) is -6.72. The van der Waals surface area contributed by atoms with Gasteiger partial charge in [0.1, 0.15) is 23.2 Å². The van der Waals surface area contributed by atoms with Crippen LogP contribution in [0.15, 0.2) is 121 Å². The van der Waals surface area contributed by atoms with Crippen molar-refractivity contribution in [3.63, 3.8) is 0 Å². The van der Waals surface area contributed by atoms with E-state index in [0.29, 0.717) is 0 Å². The van der Waals surface area contributed by atoms with Gasteiger partial charge in [0.2, 0.25) is 0 Å². The number of hydrogen-bond acceptors (Lipinski definition) is 4. The molecule has 0 saturated carbocycles. The second-order valence-corrected chi connectivity index (χ2v) is 11.1. The third kappa shape index (κ3) is 6.46. The molecule has 4 rings (SSSR count). The van der Waals surface area contributed by atoms with Crippen LogP contribution in [0.1, 0.15) is 5.56 Å². The summed E-state index contributed by atoms with van der Waals surface area (Å²) in [5.74, 6) is 0. The summed E-state index contributed by atoms with van der Waals surface area (Å²) in [5, 5.41) is 4.30. The standard InChI is InChI=1S/C25H22P.ClHO4/c1-5-13-22(14-6-1)21-26(23-15-7-2-8-16-23,24-17-9-3-10-18-24)25-19-11-4-12-20-25;2-1(3,4)5/h1-20H,21H2;(H,2,3,4,5)/q+1;/p-1. The smallest absolute Gasteiger partial charge is 0.116 e. The molecule has 31 heavy (non-hydrogen) atoms. The van der Waals surface area contributed by atoms with E-state index < -0.39 is 17.5 Å². The lowest BCUT2D eigenvalue weighted by molar-refractivity contribution is -2.00. The van der Waals surface area contributed by atoms with Crippen LogP contribution in [0.5, 0.6) is 0 Å². The Labute approximate surface area is 185 Å². The second-order valence-electron chi connectivity index (χ2n) is 6.84. The predicted octanol–water partition coefficient (Wildman–Crippen LogP) is 0.425. The van der Waals surface area contributed by atoms with Crippen molar-refractivity contribution in [2.45, 2.75) is 6.16 Å². The minimum Gasteiger partial charge on any atom is -0.222 e. The zero-order valence-corrected chi connectivity index (χ0v) is 18.4. The second kappa shape index (κ2) is 10.7. The van der Waals surface area contributed by atoms with E-state index in [1.165, 1.54) is 21.5 Å². The van der Waals surface area contributed by atoms with Gasteiger partial charge >= 0.3 is 0 Å². The van der Waals surface area contributed by atoms with Gasteiger partial charge in [-0.05, 0) is 42.0 Å². The number of rotatable bonds is 5. The first kappa shape index (κ1) is 23.1. The molecule has 0 saturated heterocycles. The Morgan fingerprint density at radius 2 is 0.710 bits per heavy atom. The van der Waals surface area contributed by atoms with Crippen LogP contribution >= 0.6 is 7.26 Å². The van der Waals surface area contributed by atoms with Crippen molar-refractivity contribution < 1.29 is 28.9 Å². The minimum absolute atomic E-state index is 1.03. The van der Waals surface area contributed by atoms with Gasteiger partial charge in [0.25, 0.3) is 0 Å². The van der Waals surface area contributed by atoms with Gasteiger partial charge < -0.3 is 0 Å². The van der Waals surface area contributed by atoms with Gasteiger partial charge in [-0.15, -0.1) is 10.2 Å². The van der Waals surface area contributed by atoms with E-state index in [9.17, 15) is 0 Å². The van der Waals surface area contributed by atoms with E-state index in [4.69, 9.17) is 18.6 Å². The zero-order valence-electron chi connectivity index (χ0n) is 16.7. The molecule has 0 atom stereocenters. The Morgan fingerprint density at radius 3 is 1.00 bits per heavy atom. The third-order valence-electron chi connectivity index (χ3n) is 4.85. The Morgan fingerprint density at radius 1 is 0.452 bits per heavy atom. The molecular weight excluding hydrogens is 431 g/mol. The van der Waals surface area contributed by atoms with E-state index >= 15 is 0 Å². The van der Waals surface area contributed by atoms with E-state index in [-0.39, 0.29) is 0 Å². The maximum Gasteiger partial charge on any atom is 0.116 e. The fourth-order valence-corrected chi connectivity index (χ4v) is 7.87. The molecule has 4 nitrogen and oxygen atoms in total. The summed E-state index contributed by atoms with van der Waals surface area (Å²) in [6.07, 6.45) is 1.03. The molecule has 0 bridgehead atoms. The molecule has 0 aliphatic carbocycles. The first-order valence-electron chi connectivity index (χ1n) is 9.60. The first-order valence-corrected chi connectivity index (χ1v) is 12.8. The Kier molecular flexibility index (Phi) is 7.94. The van der Waals surface area contributed by atoms with Crippen LogP contribution in [0.2, 0.25) is 0 Å². The van der Waals surface area contributed by atoms with Gasteiger partial charge in [0.15, 0.2) is 0 Å². The monoisotopic (exact) mass is 452 g/mol. The summed E-state index contributed by atoms with van der Waals surface area (Å²) in [4.78, 5) is 0. The van der Waals surface area contributed by atoms with Gasteiger partial charge in [-0.25, -0.2) is 18.6 Å². The molecule has 158 valence electrons. The predicted molar refractivity (Wildman–Crippen MR) is 115 cm³/mol. The summed E-state index contributed by atoms with van der Waals surface area (Å²) < 4.78 is 34.0. The van der Waals surface area contributed by atoms with Crippen LogP contribution in [0.25, 0.3) is 0 Å². The van der Waals surface area contributed by atoms with Gasteiger partial charge in [0, 0.05) is 0 Å². The largest absolute Gasteiger partial charge is 0.222 e. The van der Waals surface area contributed by atoms with Crippen LogP contribution in [-0.4, -0.2) is 0 Å². The van der Waals surface area contributed by atoms with Crippen LogP contribution < -0.4 is 34.5 Å². The van der Waals surface area contributed by atoms with Crippen LogP contribution in [-0.2, 0) is 6.16 Å². The molecule has 4 aromatic carbocycles. The summed E-state index contributed by atoms with van der Waals surface area (Å²) in [6.45, 7) is 0. The molecule has 4 aromatic rings. The third-order valence-corrected chi connectivity index (χ3v) is 9.23. The molecule has 0 spiro atoms. The maximum absolute atomic E-state index is 8.49. The first-order chi connectivity index (χ1) is 14.9. The van der Waals surface area contributed by atoms with Crippen molar-refractivity contribution in [3.8, 4) is 0 Å². The van der Waals surface area contributed by atoms with Crippen LogP contribution in [0, 0.1) is 10.2 Å². The van der Waals surface area contributed by atoms with E-state index in [1.807, 2.05) is 0 Å². The molecule has 6 heteroatoms. The van der Waals surface area contributed by atoms with Crippen molar-refractivity contribution >= 4 is 23.2 Å². The minimum atomic E-state index is -4.94. The topological polar surface area (TPSA) is 92.2 Å². The van der Waals surface area contributed by atoms with Crippen LogP contribution in [0.4, 0.5) is 0 Å². The molecule has 0 aliphatic rings.